The summed E-state index contributed by atoms with van der Waals surface area (Å²) >= 11 is 0. The van der Waals surface area contributed by atoms with Crippen molar-refractivity contribution in [2.45, 2.75) is 6.04 Å². The number of benzene rings is 1. The Labute approximate surface area is 69.9 Å². The van der Waals surface area contributed by atoms with Gasteiger partial charge in [-0.15, -0.1) is 0 Å². The van der Waals surface area contributed by atoms with Gasteiger partial charge in [0.2, 0.25) is 0 Å². The molecule has 4 nitrogen and oxygen atoms in total. The van der Waals surface area contributed by atoms with Gasteiger partial charge in [-0.05, 0) is 12.1 Å². The fraction of sp³-hybridized carbons (Fsp3) is 0.250. The molecule has 0 saturated carbocycles. The van der Waals surface area contributed by atoms with Gasteiger partial charge in [-0.2, -0.15) is 0 Å². The molecule has 0 amide bonds. The SMILES string of the molecule is NN[C@@H]1COc2cc(O)ccc21. The molecule has 0 aromatic heterocycles. The summed E-state index contributed by atoms with van der Waals surface area (Å²) in [6.07, 6.45) is 0. The topological polar surface area (TPSA) is 67.5 Å². The Bertz CT molecular complexity index is 301. The average Bonchev–Trinajstić information content (AvgIpc) is 2.46. The summed E-state index contributed by atoms with van der Waals surface area (Å²) in [6.45, 7) is 0.523. The third-order valence-electron chi connectivity index (χ3n) is 1.98. The third-order valence-corrected chi connectivity index (χ3v) is 1.98. The van der Waals surface area contributed by atoms with Crippen molar-refractivity contribution in [3.05, 3.63) is 23.8 Å². The number of nitrogens with two attached hydrogens (primary N) is 1. The van der Waals surface area contributed by atoms with E-state index in [2.05, 4.69) is 5.43 Å². The molecule has 1 aliphatic rings. The van der Waals surface area contributed by atoms with E-state index in [1.807, 2.05) is 6.07 Å². The Kier molecular flexibility index (Phi) is 1.64. The van der Waals surface area contributed by atoms with Crippen LogP contribution in [0.2, 0.25) is 0 Å². The quantitative estimate of drug-likeness (QED) is 0.414. The van der Waals surface area contributed by atoms with Crippen LogP contribution in [0.3, 0.4) is 0 Å². The van der Waals surface area contributed by atoms with E-state index in [9.17, 15) is 0 Å². The second-order valence-corrected chi connectivity index (χ2v) is 2.75. The molecule has 12 heavy (non-hydrogen) atoms. The Hall–Kier alpha value is -1.26. The van der Waals surface area contributed by atoms with E-state index in [0.717, 1.165) is 5.56 Å². The summed E-state index contributed by atoms with van der Waals surface area (Å²) in [5.74, 6) is 6.21. The van der Waals surface area contributed by atoms with Crippen LogP contribution in [0.1, 0.15) is 11.6 Å². The number of fused-ring (bicyclic) bond motifs is 1. The molecule has 0 radical (unpaired) electrons. The van der Waals surface area contributed by atoms with Crippen molar-refractivity contribution in [2.24, 2.45) is 5.84 Å². The molecule has 1 aromatic carbocycles. The molecular formula is C8H10N2O2. The third kappa shape index (κ3) is 1.01. The maximum atomic E-state index is 9.12. The molecule has 1 heterocycles. The molecule has 0 unspecified atom stereocenters. The molecule has 1 aromatic rings. The lowest BCUT2D eigenvalue weighted by Gasteiger charge is -2.04. The Balaban J connectivity index is 2.40. The van der Waals surface area contributed by atoms with Gasteiger partial charge in [0.15, 0.2) is 0 Å². The molecule has 64 valence electrons. The minimum absolute atomic E-state index is 0.0422. The number of nitrogens with one attached hydrogen (secondary N) is 1. The van der Waals surface area contributed by atoms with Crippen LogP contribution < -0.4 is 16.0 Å². The van der Waals surface area contributed by atoms with Crippen LogP contribution in [-0.4, -0.2) is 11.7 Å². The first-order valence-corrected chi connectivity index (χ1v) is 3.73. The van der Waals surface area contributed by atoms with E-state index in [4.69, 9.17) is 15.7 Å². The molecule has 1 atom stereocenters. The zero-order chi connectivity index (χ0) is 8.55. The van der Waals surface area contributed by atoms with E-state index in [1.165, 1.54) is 0 Å². The van der Waals surface area contributed by atoms with Gasteiger partial charge in [-0.25, -0.2) is 5.43 Å². The van der Waals surface area contributed by atoms with Crippen LogP contribution >= 0.6 is 0 Å². The normalized spacial score (nSPS) is 20.2. The van der Waals surface area contributed by atoms with Crippen LogP contribution in [0, 0.1) is 0 Å². The molecule has 0 saturated heterocycles. The van der Waals surface area contributed by atoms with Crippen molar-refractivity contribution in [3.8, 4) is 11.5 Å². The molecular weight excluding hydrogens is 156 g/mol. The van der Waals surface area contributed by atoms with Crippen molar-refractivity contribution in [2.75, 3.05) is 6.61 Å². The van der Waals surface area contributed by atoms with Gasteiger partial charge >= 0.3 is 0 Å². The molecule has 1 aliphatic heterocycles. The first-order valence-electron chi connectivity index (χ1n) is 3.73. The summed E-state index contributed by atoms with van der Waals surface area (Å²) < 4.78 is 5.28. The number of rotatable bonds is 1. The van der Waals surface area contributed by atoms with Crippen LogP contribution in [-0.2, 0) is 0 Å². The molecule has 0 fully saturated rings. The molecule has 0 aliphatic carbocycles. The predicted molar refractivity (Wildman–Crippen MR) is 43.7 cm³/mol. The highest BCUT2D eigenvalue weighted by atomic mass is 16.5. The molecule has 0 bridgehead atoms. The second kappa shape index (κ2) is 2.66. The molecule has 2 rings (SSSR count). The number of hydrogen-bond acceptors (Lipinski definition) is 4. The number of aromatic hydroxyl groups is 1. The largest absolute Gasteiger partial charge is 0.508 e. The van der Waals surface area contributed by atoms with Gasteiger partial charge in [-0.1, -0.05) is 0 Å². The zero-order valence-electron chi connectivity index (χ0n) is 6.45. The molecule has 4 N–H and O–H groups in total. The number of phenols is 1. The van der Waals surface area contributed by atoms with Crippen LogP contribution in [0.25, 0.3) is 0 Å². The summed E-state index contributed by atoms with van der Waals surface area (Å²) in [5.41, 5.74) is 3.63. The van der Waals surface area contributed by atoms with E-state index in [0.29, 0.717) is 12.4 Å². The van der Waals surface area contributed by atoms with Gasteiger partial charge in [0.05, 0.1) is 6.04 Å². The van der Waals surface area contributed by atoms with Crippen molar-refractivity contribution < 1.29 is 9.84 Å². The van der Waals surface area contributed by atoms with E-state index < -0.39 is 0 Å². The van der Waals surface area contributed by atoms with Crippen molar-refractivity contribution in [3.63, 3.8) is 0 Å². The van der Waals surface area contributed by atoms with Crippen molar-refractivity contribution in [1.82, 2.24) is 5.43 Å². The standard InChI is InChI=1S/C8H10N2O2/c9-10-7-4-12-8-3-5(11)1-2-6(7)8/h1-3,7,10-11H,4,9H2/t7-/m1/s1. The summed E-state index contributed by atoms with van der Waals surface area (Å²) in [4.78, 5) is 0. The first kappa shape index (κ1) is 7.39. The fourth-order valence-corrected chi connectivity index (χ4v) is 1.34. The average molecular weight is 166 g/mol. The minimum Gasteiger partial charge on any atom is -0.508 e. The lowest BCUT2D eigenvalue weighted by Crippen LogP contribution is -2.28. The van der Waals surface area contributed by atoms with E-state index >= 15 is 0 Å². The van der Waals surface area contributed by atoms with Gasteiger partial charge in [0.25, 0.3) is 0 Å². The number of ether oxygens (including phenoxy) is 1. The first-order chi connectivity index (χ1) is 5.81. The van der Waals surface area contributed by atoms with Gasteiger partial charge in [0.1, 0.15) is 18.1 Å². The second-order valence-electron chi connectivity index (χ2n) is 2.75. The van der Waals surface area contributed by atoms with Gasteiger partial charge < -0.3 is 9.84 Å². The molecule has 0 spiro atoms. The van der Waals surface area contributed by atoms with Gasteiger partial charge in [0, 0.05) is 11.6 Å². The van der Waals surface area contributed by atoms with Crippen molar-refractivity contribution >= 4 is 0 Å². The summed E-state index contributed by atoms with van der Waals surface area (Å²) in [7, 11) is 0. The number of hydrogen-bond donors (Lipinski definition) is 3. The summed E-state index contributed by atoms with van der Waals surface area (Å²) in [6, 6.07) is 5.06. The lowest BCUT2D eigenvalue weighted by molar-refractivity contribution is 0.312. The summed E-state index contributed by atoms with van der Waals surface area (Å²) in [5, 5.41) is 9.12. The Morgan fingerprint density at radius 1 is 1.58 bits per heavy atom. The monoisotopic (exact) mass is 166 g/mol. The van der Waals surface area contributed by atoms with Crippen LogP contribution in [0.4, 0.5) is 0 Å². The maximum absolute atomic E-state index is 9.12. The highest BCUT2D eigenvalue weighted by Gasteiger charge is 2.22. The molecule has 4 heteroatoms. The predicted octanol–water partition coefficient (Wildman–Crippen LogP) is 0.289. The smallest absolute Gasteiger partial charge is 0.128 e. The van der Waals surface area contributed by atoms with Gasteiger partial charge in [-0.3, -0.25) is 5.84 Å². The van der Waals surface area contributed by atoms with E-state index in [1.54, 1.807) is 12.1 Å². The highest BCUT2D eigenvalue weighted by molar-refractivity contribution is 5.44. The Morgan fingerprint density at radius 3 is 3.17 bits per heavy atom. The number of hydrazine groups is 1. The van der Waals surface area contributed by atoms with Crippen LogP contribution in [0.15, 0.2) is 18.2 Å². The number of phenolic OH excluding ortho intramolecular Hbond substituents is 1. The Morgan fingerprint density at radius 2 is 2.42 bits per heavy atom. The van der Waals surface area contributed by atoms with Crippen LogP contribution in [0.5, 0.6) is 11.5 Å². The maximum Gasteiger partial charge on any atom is 0.128 e. The zero-order valence-corrected chi connectivity index (χ0v) is 6.45. The minimum atomic E-state index is 0.0422. The van der Waals surface area contributed by atoms with E-state index in [-0.39, 0.29) is 11.8 Å². The fourth-order valence-electron chi connectivity index (χ4n) is 1.34. The highest BCUT2D eigenvalue weighted by Crippen LogP contribution is 2.34. The van der Waals surface area contributed by atoms with Crippen molar-refractivity contribution in [1.29, 1.82) is 0 Å². The lowest BCUT2D eigenvalue weighted by atomic mass is 10.1.